The Morgan fingerprint density at radius 3 is 2.84 bits per heavy atom. The largest absolute Gasteiger partial charge is 0.396 e. The minimum absolute atomic E-state index is 0.0143. The lowest BCUT2D eigenvalue weighted by molar-refractivity contribution is -0.116. The van der Waals surface area contributed by atoms with Crippen molar-refractivity contribution in [2.75, 3.05) is 37.8 Å². The highest BCUT2D eigenvalue weighted by molar-refractivity contribution is 5.91. The highest BCUT2D eigenvalue weighted by Gasteiger charge is 2.05. The highest BCUT2D eigenvalue weighted by atomic mass is 19.1. The number of benzene rings is 1. The van der Waals surface area contributed by atoms with Gasteiger partial charge >= 0.3 is 0 Å². The second kappa shape index (κ2) is 7.70. The number of nitrogens with two attached hydrogens (primary N) is 1. The molecule has 1 rings (SSSR count). The summed E-state index contributed by atoms with van der Waals surface area (Å²) in [7, 11) is 1.88. The molecule has 0 saturated heterocycles. The van der Waals surface area contributed by atoms with E-state index in [1.807, 2.05) is 11.9 Å². The molecule has 0 bridgehead atoms. The summed E-state index contributed by atoms with van der Waals surface area (Å²) < 4.78 is 12.9. The van der Waals surface area contributed by atoms with Gasteiger partial charge in [-0.1, -0.05) is 0 Å². The lowest BCUT2D eigenvalue weighted by atomic mass is 10.2. The first-order valence-corrected chi connectivity index (χ1v) is 6.17. The molecule has 0 radical (unpaired) electrons. The molecule has 106 valence electrons. The van der Waals surface area contributed by atoms with E-state index in [1.165, 1.54) is 18.2 Å². The first-order valence-electron chi connectivity index (χ1n) is 6.17. The minimum Gasteiger partial charge on any atom is -0.396 e. The molecular formula is C13H20FN3O2. The molecule has 0 aromatic heterocycles. The van der Waals surface area contributed by atoms with E-state index in [0.717, 1.165) is 6.54 Å². The number of carbonyl (C=O) groups is 1. The number of rotatable bonds is 7. The molecule has 5 nitrogen and oxygen atoms in total. The summed E-state index contributed by atoms with van der Waals surface area (Å²) in [6.45, 7) is 1.44. The third-order valence-corrected chi connectivity index (χ3v) is 2.71. The molecule has 0 aliphatic rings. The summed E-state index contributed by atoms with van der Waals surface area (Å²) in [6.07, 6.45) is 1.06. The summed E-state index contributed by atoms with van der Waals surface area (Å²) in [5.41, 5.74) is 5.92. The molecule has 19 heavy (non-hydrogen) atoms. The van der Waals surface area contributed by atoms with Crippen LogP contribution in [0.15, 0.2) is 18.2 Å². The van der Waals surface area contributed by atoms with Gasteiger partial charge in [-0.2, -0.15) is 0 Å². The molecule has 6 heteroatoms. The normalized spacial score (nSPS) is 10.7. The van der Waals surface area contributed by atoms with Crippen LogP contribution >= 0.6 is 0 Å². The third-order valence-electron chi connectivity index (χ3n) is 2.71. The van der Waals surface area contributed by atoms with Crippen LogP contribution in [0.1, 0.15) is 12.8 Å². The standard InChI is InChI=1S/C13H20FN3O2/c1-17(7-8-18)6-2-3-13(19)16-10-4-5-11(14)12(15)9-10/h4-5,9,18H,2-3,6-8,15H2,1H3,(H,16,19). The van der Waals surface area contributed by atoms with Crippen molar-refractivity contribution in [1.82, 2.24) is 4.90 Å². The number of nitrogens with zero attached hydrogens (tertiary/aromatic N) is 1. The van der Waals surface area contributed by atoms with Crippen LogP contribution in [0.2, 0.25) is 0 Å². The van der Waals surface area contributed by atoms with Crippen LogP contribution in [0.25, 0.3) is 0 Å². The fourth-order valence-corrected chi connectivity index (χ4v) is 1.64. The number of carbonyl (C=O) groups excluding carboxylic acids is 1. The molecule has 0 unspecified atom stereocenters. The monoisotopic (exact) mass is 269 g/mol. The van der Waals surface area contributed by atoms with Gasteiger partial charge in [-0.05, 0) is 38.2 Å². The summed E-state index contributed by atoms with van der Waals surface area (Å²) in [6, 6.07) is 4.09. The second-order valence-electron chi connectivity index (χ2n) is 4.41. The van der Waals surface area contributed by atoms with Gasteiger partial charge in [0.15, 0.2) is 0 Å². The van der Waals surface area contributed by atoms with E-state index in [9.17, 15) is 9.18 Å². The van der Waals surface area contributed by atoms with E-state index < -0.39 is 5.82 Å². The van der Waals surface area contributed by atoms with Crippen molar-refractivity contribution < 1.29 is 14.3 Å². The summed E-state index contributed by atoms with van der Waals surface area (Å²) >= 11 is 0. The average Bonchev–Trinajstić information content (AvgIpc) is 2.34. The van der Waals surface area contributed by atoms with Crippen LogP contribution in [-0.4, -0.2) is 42.7 Å². The lowest BCUT2D eigenvalue weighted by Gasteiger charge is -2.14. The van der Waals surface area contributed by atoms with E-state index in [4.69, 9.17) is 10.8 Å². The van der Waals surface area contributed by atoms with E-state index in [-0.39, 0.29) is 18.2 Å². The van der Waals surface area contributed by atoms with E-state index in [0.29, 0.717) is 25.1 Å². The maximum atomic E-state index is 12.9. The van der Waals surface area contributed by atoms with Crippen molar-refractivity contribution in [3.05, 3.63) is 24.0 Å². The first kappa shape index (κ1) is 15.4. The van der Waals surface area contributed by atoms with Crippen molar-refractivity contribution in [2.24, 2.45) is 0 Å². The number of anilines is 2. The Kier molecular flexibility index (Phi) is 6.24. The molecule has 0 saturated carbocycles. The number of halogens is 1. The lowest BCUT2D eigenvalue weighted by Crippen LogP contribution is -2.24. The van der Waals surface area contributed by atoms with Gasteiger partial charge in [0.2, 0.25) is 5.91 Å². The van der Waals surface area contributed by atoms with E-state index >= 15 is 0 Å². The van der Waals surface area contributed by atoms with Crippen LogP contribution in [0.5, 0.6) is 0 Å². The number of aliphatic hydroxyl groups is 1. The van der Waals surface area contributed by atoms with E-state index in [2.05, 4.69) is 5.32 Å². The van der Waals surface area contributed by atoms with Crippen molar-refractivity contribution in [3.63, 3.8) is 0 Å². The average molecular weight is 269 g/mol. The molecule has 0 aliphatic carbocycles. The topological polar surface area (TPSA) is 78.6 Å². The molecule has 0 heterocycles. The van der Waals surface area contributed by atoms with Gasteiger partial charge in [-0.25, -0.2) is 4.39 Å². The Morgan fingerprint density at radius 1 is 1.47 bits per heavy atom. The van der Waals surface area contributed by atoms with Crippen molar-refractivity contribution in [3.8, 4) is 0 Å². The van der Waals surface area contributed by atoms with Crippen LogP contribution in [-0.2, 0) is 4.79 Å². The molecule has 1 amide bonds. The molecule has 1 aromatic rings. The Labute approximate surface area is 112 Å². The number of amides is 1. The first-order chi connectivity index (χ1) is 9.02. The summed E-state index contributed by atoms with van der Waals surface area (Å²) in [5.74, 6) is -0.632. The molecule has 0 aliphatic heterocycles. The van der Waals surface area contributed by atoms with Gasteiger partial charge in [0, 0.05) is 18.7 Å². The minimum atomic E-state index is -0.497. The highest BCUT2D eigenvalue weighted by Crippen LogP contribution is 2.16. The number of nitrogens with one attached hydrogen (secondary N) is 1. The van der Waals surface area contributed by atoms with Gasteiger partial charge < -0.3 is 21.1 Å². The van der Waals surface area contributed by atoms with Crippen LogP contribution in [0.3, 0.4) is 0 Å². The predicted molar refractivity (Wildman–Crippen MR) is 73.3 cm³/mol. The zero-order valence-corrected chi connectivity index (χ0v) is 11.0. The second-order valence-corrected chi connectivity index (χ2v) is 4.41. The summed E-state index contributed by atoms with van der Waals surface area (Å²) in [5, 5.41) is 11.4. The number of aliphatic hydroxyl groups excluding tert-OH is 1. The quantitative estimate of drug-likeness (QED) is 0.647. The molecule has 0 atom stereocenters. The van der Waals surface area contributed by atoms with E-state index in [1.54, 1.807) is 0 Å². The Hall–Kier alpha value is -1.66. The molecule has 4 N–H and O–H groups in total. The fourth-order valence-electron chi connectivity index (χ4n) is 1.64. The smallest absolute Gasteiger partial charge is 0.224 e. The number of hydrogen-bond donors (Lipinski definition) is 3. The molecular weight excluding hydrogens is 249 g/mol. The Morgan fingerprint density at radius 2 is 2.21 bits per heavy atom. The number of hydrogen-bond acceptors (Lipinski definition) is 4. The molecule has 0 spiro atoms. The SMILES string of the molecule is CN(CCO)CCCC(=O)Nc1ccc(F)c(N)c1. The number of likely N-dealkylation sites (N-methyl/N-ethyl adjacent to an activating group) is 1. The van der Waals surface area contributed by atoms with Crippen LogP contribution in [0.4, 0.5) is 15.8 Å². The number of nitrogen functional groups attached to an aromatic ring is 1. The van der Waals surface area contributed by atoms with Gasteiger partial charge in [-0.15, -0.1) is 0 Å². The maximum absolute atomic E-state index is 12.9. The van der Waals surface area contributed by atoms with Gasteiger partial charge in [-0.3, -0.25) is 4.79 Å². The van der Waals surface area contributed by atoms with Crippen LogP contribution in [0, 0.1) is 5.82 Å². The molecule has 0 fully saturated rings. The predicted octanol–water partition coefficient (Wildman–Crippen LogP) is 1.05. The van der Waals surface area contributed by atoms with Crippen LogP contribution < -0.4 is 11.1 Å². The molecule has 1 aromatic carbocycles. The zero-order valence-electron chi connectivity index (χ0n) is 11.0. The van der Waals surface area contributed by atoms with Crippen molar-refractivity contribution >= 4 is 17.3 Å². The van der Waals surface area contributed by atoms with Crippen molar-refractivity contribution in [1.29, 1.82) is 0 Å². The fraction of sp³-hybridized carbons (Fsp3) is 0.462. The Balaban J connectivity index is 2.33. The zero-order chi connectivity index (χ0) is 14.3. The maximum Gasteiger partial charge on any atom is 0.224 e. The van der Waals surface area contributed by atoms with Crippen molar-refractivity contribution in [2.45, 2.75) is 12.8 Å². The third kappa shape index (κ3) is 5.67. The Bertz CT molecular complexity index is 426. The van der Waals surface area contributed by atoms with Gasteiger partial charge in [0.1, 0.15) is 5.82 Å². The van der Waals surface area contributed by atoms with Gasteiger partial charge in [0.05, 0.1) is 12.3 Å². The summed E-state index contributed by atoms with van der Waals surface area (Å²) in [4.78, 5) is 13.6. The van der Waals surface area contributed by atoms with Gasteiger partial charge in [0.25, 0.3) is 0 Å².